The van der Waals surface area contributed by atoms with Gasteiger partial charge in [-0.25, -0.2) is 0 Å². The molecule has 5 atom stereocenters. The first kappa shape index (κ1) is 13.8. The number of epoxide rings is 1. The van der Waals surface area contributed by atoms with Crippen molar-refractivity contribution in [1.82, 2.24) is 0 Å². The van der Waals surface area contributed by atoms with E-state index in [0.29, 0.717) is 0 Å². The molecule has 1 saturated heterocycles. The summed E-state index contributed by atoms with van der Waals surface area (Å²) in [5.74, 6) is -1.38. The standard InChI is InChI=1S/C12H16O7/c1-5(13)16-8-4-9(17-6(2)14)11-12(19-11)10(8)18-7(3)15/h8-12H,4H2,1-3H3/t8-,9-,10+,11+,12-/m1/s1. The summed E-state index contributed by atoms with van der Waals surface area (Å²) >= 11 is 0. The maximum Gasteiger partial charge on any atom is 0.303 e. The SMILES string of the molecule is CC(=O)O[C@@H]1[C@H]2O[C@H]2[C@H](OC(C)=O)C[C@H]1OC(C)=O. The molecule has 106 valence electrons. The van der Waals surface area contributed by atoms with Gasteiger partial charge in [-0.15, -0.1) is 0 Å². The zero-order chi connectivity index (χ0) is 14.2. The molecule has 7 heteroatoms. The molecule has 7 nitrogen and oxygen atoms in total. The molecule has 0 radical (unpaired) electrons. The van der Waals surface area contributed by atoms with E-state index < -0.39 is 36.2 Å². The molecular weight excluding hydrogens is 256 g/mol. The molecule has 0 N–H and O–H groups in total. The second kappa shape index (κ2) is 5.16. The van der Waals surface area contributed by atoms with Crippen LogP contribution in [0.5, 0.6) is 0 Å². The van der Waals surface area contributed by atoms with Gasteiger partial charge in [0.1, 0.15) is 24.4 Å². The molecule has 0 unspecified atom stereocenters. The normalized spacial score (nSPS) is 35.8. The Labute approximate surface area is 110 Å². The van der Waals surface area contributed by atoms with Gasteiger partial charge in [0.15, 0.2) is 6.10 Å². The fourth-order valence-electron chi connectivity index (χ4n) is 2.40. The van der Waals surface area contributed by atoms with Crippen LogP contribution in [0, 0.1) is 0 Å². The van der Waals surface area contributed by atoms with Crippen LogP contribution in [0.1, 0.15) is 27.2 Å². The maximum atomic E-state index is 11.1. The number of fused-ring (bicyclic) bond motifs is 1. The van der Waals surface area contributed by atoms with Crippen LogP contribution in [0.15, 0.2) is 0 Å². The average molecular weight is 272 g/mol. The number of hydrogen-bond donors (Lipinski definition) is 0. The highest BCUT2D eigenvalue weighted by Crippen LogP contribution is 2.41. The van der Waals surface area contributed by atoms with Gasteiger partial charge in [-0.2, -0.15) is 0 Å². The van der Waals surface area contributed by atoms with Crippen LogP contribution in [0.2, 0.25) is 0 Å². The predicted octanol–water partition coefficient (Wildman–Crippen LogP) is -0.0474. The first-order valence-electron chi connectivity index (χ1n) is 6.05. The largest absolute Gasteiger partial charge is 0.460 e. The Hall–Kier alpha value is -1.63. The minimum Gasteiger partial charge on any atom is -0.460 e. The quantitative estimate of drug-likeness (QED) is 0.404. The lowest BCUT2D eigenvalue weighted by molar-refractivity contribution is -0.173. The van der Waals surface area contributed by atoms with Crippen LogP contribution in [0.3, 0.4) is 0 Å². The van der Waals surface area contributed by atoms with Gasteiger partial charge in [0.25, 0.3) is 0 Å². The molecule has 0 spiro atoms. The van der Waals surface area contributed by atoms with Crippen molar-refractivity contribution in [3.63, 3.8) is 0 Å². The zero-order valence-electron chi connectivity index (χ0n) is 11.0. The molecule has 0 aromatic heterocycles. The van der Waals surface area contributed by atoms with Crippen LogP contribution < -0.4 is 0 Å². The van der Waals surface area contributed by atoms with Gasteiger partial charge in [0.2, 0.25) is 0 Å². The molecule has 2 fully saturated rings. The Kier molecular flexibility index (Phi) is 3.75. The number of rotatable bonds is 3. The lowest BCUT2D eigenvalue weighted by Gasteiger charge is -2.31. The molecule has 0 aromatic rings. The van der Waals surface area contributed by atoms with Crippen LogP contribution >= 0.6 is 0 Å². The molecule has 0 aromatic carbocycles. The second-order valence-corrected chi connectivity index (χ2v) is 4.67. The molecule has 0 amide bonds. The summed E-state index contributed by atoms with van der Waals surface area (Å²) in [7, 11) is 0. The van der Waals surface area contributed by atoms with Crippen LogP contribution in [0.25, 0.3) is 0 Å². The topological polar surface area (TPSA) is 91.4 Å². The molecule has 1 saturated carbocycles. The summed E-state index contributed by atoms with van der Waals surface area (Å²) in [5, 5.41) is 0. The first-order chi connectivity index (χ1) is 8.88. The van der Waals surface area contributed by atoms with E-state index in [1.165, 1.54) is 20.8 Å². The molecule has 1 aliphatic carbocycles. The van der Waals surface area contributed by atoms with E-state index in [1.54, 1.807) is 0 Å². The van der Waals surface area contributed by atoms with Crippen molar-refractivity contribution >= 4 is 17.9 Å². The Bertz CT molecular complexity index is 405. The van der Waals surface area contributed by atoms with Crippen molar-refractivity contribution in [3.05, 3.63) is 0 Å². The fourth-order valence-corrected chi connectivity index (χ4v) is 2.40. The third kappa shape index (κ3) is 3.23. The van der Waals surface area contributed by atoms with Crippen LogP contribution in [-0.2, 0) is 33.3 Å². The average Bonchev–Trinajstić information content (AvgIpc) is 3.01. The summed E-state index contributed by atoms with van der Waals surface area (Å²) in [6, 6.07) is 0. The van der Waals surface area contributed by atoms with Crippen molar-refractivity contribution in [1.29, 1.82) is 0 Å². The second-order valence-electron chi connectivity index (χ2n) is 4.67. The van der Waals surface area contributed by atoms with E-state index in [1.807, 2.05) is 0 Å². The Morgan fingerprint density at radius 1 is 0.842 bits per heavy atom. The van der Waals surface area contributed by atoms with E-state index in [-0.39, 0.29) is 18.6 Å². The van der Waals surface area contributed by atoms with Gasteiger partial charge in [-0.3, -0.25) is 14.4 Å². The van der Waals surface area contributed by atoms with Gasteiger partial charge in [0.05, 0.1) is 0 Å². The predicted molar refractivity (Wildman–Crippen MR) is 59.9 cm³/mol. The lowest BCUT2D eigenvalue weighted by Crippen LogP contribution is -2.48. The summed E-state index contributed by atoms with van der Waals surface area (Å²) < 4.78 is 20.7. The third-order valence-electron chi connectivity index (χ3n) is 3.02. The van der Waals surface area contributed by atoms with Gasteiger partial charge in [0, 0.05) is 27.2 Å². The van der Waals surface area contributed by atoms with Crippen molar-refractivity contribution in [2.75, 3.05) is 0 Å². The molecule has 0 bridgehead atoms. The van der Waals surface area contributed by atoms with Crippen molar-refractivity contribution < 1.29 is 33.3 Å². The van der Waals surface area contributed by atoms with E-state index in [4.69, 9.17) is 18.9 Å². The summed E-state index contributed by atoms with van der Waals surface area (Å²) in [6.45, 7) is 3.85. The number of esters is 3. The summed E-state index contributed by atoms with van der Waals surface area (Å²) in [6.07, 6.45) is -2.18. The molecule has 19 heavy (non-hydrogen) atoms. The first-order valence-corrected chi connectivity index (χ1v) is 6.05. The Balaban J connectivity index is 2.07. The van der Waals surface area contributed by atoms with Crippen LogP contribution in [0.4, 0.5) is 0 Å². The lowest BCUT2D eigenvalue weighted by atomic mass is 9.92. The summed E-state index contributed by atoms with van der Waals surface area (Å²) in [5.41, 5.74) is 0. The van der Waals surface area contributed by atoms with Gasteiger partial charge < -0.3 is 18.9 Å². The van der Waals surface area contributed by atoms with E-state index in [0.717, 1.165) is 0 Å². The Morgan fingerprint density at radius 3 is 1.89 bits per heavy atom. The highest BCUT2D eigenvalue weighted by molar-refractivity contribution is 5.68. The van der Waals surface area contributed by atoms with Crippen molar-refractivity contribution in [2.45, 2.75) is 57.7 Å². The number of ether oxygens (including phenoxy) is 4. The highest BCUT2D eigenvalue weighted by Gasteiger charge is 2.60. The maximum absolute atomic E-state index is 11.1. The molecule has 1 heterocycles. The molecule has 2 aliphatic rings. The van der Waals surface area contributed by atoms with Crippen molar-refractivity contribution in [3.8, 4) is 0 Å². The van der Waals surface area contributed by atoms with E-state index in [9.17, 15) is 14.4 Å². The summed E-state index contributed by atoms with van der Waals surface area (Å²) in [4.78, 5) is 33.1. The van der Waals surface area contributed by atoms with Crippen molar-refractivity contribution in [2.24, 2.45) is 0 Å². The third-order valence-corrected chi connectivity index (χ3v) is 3.02. The van der Waals surface area contributed by atoms with Gasteiger partial charge in [-0.05, 0) is 0 Å². The van der Waals surface area contributed by atoms with E-state index in [2.05, 4.69) is 0 Å². The highest BCUT2D eigenvalue weighted by atomic mass is 16.7. The van der Waals surface area contributed by atoms with Gasteiger partial charge in [-0.1, -0.05) is 0 Å². The molecular formula is C12H16O7. The number of carbonyl (C=O) groups is 3. The fraction of sp³-hybridized carbons (Fsp3) is 0.750. The minimum absolute atomic E-state index is 0.262. The molecule has 1 aliphatic heterocycles. The van der Waals surface area contributed by atoms with Gasteiger partial charge >= 0.3 is 17.9 Å². The number of hydrogen-bond acceptors (Lipinski definition) is 7. The Morgan fingerprint density at radius 2 is 1.37 bits per heavy atom. The minimum atomic E-state index is -0.658. The zero-order valence-corrected chi connectivity index (χ0v) is 11.0. The smallest absolute Gasteiger partial charge is 0.303 e. The van der Waals surface area contributed by atoms with E-state index >= 15 is 0 Å². The monoisotopic (exact) mass is 272 g/mol. The van der Waals surface area contributed by atoms with Crippen LogP contribution in [-0.4, -0.2) is 48.4 Å². The number of carbonyl (C=O) groups excluding carboxylic acids is 3. The molecule has 2 rings (SSSR count).